The summed E-state index contributed by atoms with van der Waals surface area (Å²) < 4.78 is 6.96. The molecule has 0 radical (unpaired) electrons. The van der Waals surface area contributed by atoms with E-state index in [2.05, 4.69) is 24.0 Å². The van der Waals surface area contributed by atoms with Gasteiger partial charge in [0.15, 0.2) is 5.65 Å². The molecule has 36 heavy (non-hydrogen) atoms. The van der Waals surface area contributed by atoms with E-state index in [-0.39, 0.29) is 11.2 Å². The van der Waals surface area contributed by atoms with Gasteiger partial charge in [-0.25, -0.2) is 0 Å². The molecule has 6 rings (SSSR count). The number of rotatable bonds is 5. The average molecular weight is 479 g/mol. The van der Waals surface area contributed by atoms with E-state index in [4.69, 9.17) is 10.5 Å². The lowest BCUT2D eigenvalue weighted by atomic mass is 10.1. The Bertz CT molecular complexity index is 1840. The van der Waals surface area contributed by atoms with Crippen molar-refractivity contribution in [2.45, 2.75) is 32.9 Å². The van der Waals surface area contributed by atoms with Crippen molar-refractivity contribution in [1.82, 2.24) is 28.5 Å². The SMILES string of the molecule is Cc1ccc2nccc(Cn3nc4c(c3-c3cc(C#N)cn3C)c(=O)n(C)c(=N)n4CC3CC3)c2c1. The minimum absolute atomic E-state index is 0.144. The topological polar surface area (TPSA) is 110 Å². The van der Waals surface area contributed by atoms with Crippen LogP contribution in [0.15, 0.2) is 47.5 Å². The van der Waals surface area contributed by atoms with Crippen LogP contribution in [0.4, 0.5) is 0 Å². The number of pyridine rings is 1. The van der Waals surface area contributed by atoms with Crippen molar-refractivity contribution < 1.29 is 0 Å². The summed E-state index contributed by atoms with van der Waals surface area (Å²) >= 11 is 0. The molecule has 0 atom stereocenters. The third-order valence-electron chi connectivity index (χ3n) is 7.10. The van der Waals surface area contributed by atoms with E-state index in [0.717, 1.165) is 40.6 Å². The molecule has 1 aliphatic rings. The second kappa shape index (κ2) is 8.05. The monoisotopic (exact) mass is 478 g/mol. The minimum atomic E-state index is -0.265. The third kappa shape index (κ3) is 3.45. The number of hydrogen-bond donors (Lipinski definition) is 1. The first-order chi connectivity index (χ1) is 17.4. The van der Waals surface area contributed by atoms with Gasteiger partial charge in [0.25, 0.3) is 5.56 Å². The summed E-state index contributed by atoms with van der Waals surface area (Å²) in [5.41, 5.74) is 5.35. The molecule has 9 nitrogen and oxygen atoms in total. The van der Waals surface area contributed by atoms with Crippen LogP contribution in [0, 0.1) is 29.6 Å². The number of aryl methyl sites for hydroxylation is 2. The Morgan fingerprint density at radius 1 is 1.19 bits per heavy atom. The fraction of sp³-hybridized carbons (Fsp3) is 0.296. The fourth-order valence-electron chi connectivity index (χ4n) is 4.96. The van der Waals surface area contributed by atoms with Crippen LogP contribution in [-0.4, -0.2) is 28.5 Å². The van der Waals surface area contributed by atoms with Crippen LogP contribution in [0.5, 0.6) is 0 Å². The quantitative estimate of drug-likeness (QED) is 0.418. The summed E-state index contributed by atoms with van der Waals surface area (Å²) in [4.78, 5) is 18.1. The lowest BCUT2D eigenvalue weighted by Gasteiger charge is -2.11. The predicted molar refractivity (Wildman–Crippen MR) is 136 cm³/mol. The van der Waals surface area contributed by atoms with Crippen LogP contribution in [0.1, 0.15) is 29.5 Å². The van der Waals surface area contributed by atoms with Gasteiger partial charge in [0.05, 0.1) is 23.3 Å². The number of fused-ring (bicyclic) bond motifs is 2. The molecule has 0 aliphatic heterocycles. The third-order valence-corrected chi connectivity index (χ3v) is 7.10. The molecular formula is C27H26N8O. The van der Waals surface area contributed by atoms with E-state index in [0.29, 0.717) is 41.3 Å². The van der Waals surface area contributed by atoms with E-state index < -0.39 is 0 Å². The van der Waals surface area contributed by atoms with Gasteiger partial charge >= 0.3 is 0 Å². The maximum absolute atomic E-state index is 13.6. The van der Waals surface area contributed by atoms with Gasteiger partial charge < -0.3 is 4.57 Å². The second-order valence-electron chi connectivity index (χ2n) is 9.77. The van der Waals surface area contributed by atoms with Crippen molar-refractivity contribution in [3.8, 4) is 17.5 Å². The molecule has 1 N–H and O–H groups in total. The highest BCUT2D eigenvalue weighted by Crippen LogP contribution is 2.33. The Balaban J connectivity index is 1.67. The molecule has 4 aromatic heterocycles. The van der Waals surface area contributed by atoms with Crippen LogP contribution in [0.2, 0.25) is 0 Å². The van der Waals surface area contributed by atoms with Gasteiger partial charge in [-0.1, -0.05) is 11.6 Å². The highest BCUT2D eigenvalue weighted by atomic mass is 16.1. The maximum atomic E-state index is 13.6. The molecule has 180 valence electrons. The lowest BCUT2D eigenvalue weighted by Crippen LogP contribution is -2.38. The van der Waals surface area contributed by atoms with E-state index in [1.54, 1.807) is 25.5 Å². The van der Waals surface area contributed by atoms with E-state index in [9.17, 15) is 10.1 Å². The zero-order valence-corrected chi connectivity index (χ0v) is 20.5. The molecule has 9 heteroatoms. The van der Waals surface area contributed by atoms with Crippen LogP contribution in [0.3, 0.4) is 0 Å². The molecule has 0 unspecified atom stereocenters. The van der Waals surface area contributed by atoms with Gasteiger partial charge in [-0.05, 0) is 55.5 Å². The molecule has 0 bridgehead atoms. The van der Waals surface area contributed by atoms with Gasteiger partial charge in [-0.2, -0.15) is 10.4 Å². The maximum Gasteiger partial charge on any atom is 0.266 e. The Hall–Kier alpha value is -4.45. The molecule has 0 spiro atoms. The molecule has 5 aromatic rings. The first-order valence-electron chi connectivity index (χ1n) is 12.0. The standard InChI is InChI=1S/C27H26N8O/c1-16-4-7-21-20(10-16)19(8-9-30-21)15-35-24(22-11-18(12-28)13-32(22)2)23-25(31-35)34(14-17-5-6-17)27(29)33(3)26(23)36/h4,7-11,13,17,29H,5-6,14-15H2,1-3H3. The van der Waals surface area contributed by atoms with Crippen molar-refractivity contribution >= 4 is 21.9 Å². The van der Waals surface area contributed by atoms with Crippen molar-refractivity contribution in [1.29, 1.82) is 10.7 Å². The van der Waals surface area contributed by atoms with Gasteiger partial charge in [-0.15, -0.1) is 0 Å². The fourth-order valence-corrected chi connectivity index (χ4v) is 4.96. The normalized spacial score (nSPS) is 13.5. The molecule has 4 heterocycles. The van der Waals surface area contributed by atoms with Crippen molar-refractivity contribution in [3.05, 3.63) is 75.4 Å². The highest BCUT2D eigenvalue weighted by molar-refractivity contribution is 5.90. The molecule has 1 fully saturated rings. The number of nitriles is 1. The van der Waals surface area contributed by atoms with Crippen LogP contribution in [0.25, 0.3) is 33.3 Å². The molecule has 0 saturated heterocycles. The number of aromatic nitrogens is 6. The largest absolute Gasteiger partial charge is 0.348 e. The van der Waals surface area contributed by atoms with E-state index in [1.807, 2.05) is 39.1 Å². The molecule has 0 amide bonds. The number of benzene rings is 1. The Kier molecular flexibility index (Phi) is 4.93. The number of nitrogens with zero attached hydrogens (tertiary/aromatic N) is 7. The lowest BCUT2D eigenvalue weighted by molar-refractivity contribution is 0.552. The Morgan fingerprint density at radius 3 is 2.72 bits per heavy atom. The van der Waals surface area contributed by atoms with E-state index in [1.165, 1.54) is 4.57 Å². The molecule has 1 aliphatic carbocycles. The van der Waals surface area contributed by atoms with Crippen molar-refractivity contribution in [2.24, 2.45) is 20.0 Å². The summed E-state index contributed by atoms with van der Waals surface area (Å²) in [6.45, 7) is 3.13. The van der Waals surface area contributed by atoms with Crippen LogP contribution in [-0.2, 0) is 27.2 Å². The zero-order valence-electron chi connectivity index (χ0n) is 20.5. The van der Waals surface area contributed by atoms with Gasteiger partial charge in [-0.3, -0.25) is 29.0 Å². The van der Waals surface area contributed by atoms with Gasteiger partial charge in [0.2, 0.25) is 5.62 Å². The van der Waals surface area contributed by atoms with Crippen molar-refractivity contribution in [2.75, 3.05) is 0 Å². The smallest absolute Gasteiger partial charge is 0.266 e. The summed E-state index contributed by atoms with van der Waals surface area (Å²) in [7, 11) is 3.51. The van der Waals surface area contributed by atoms with Gasteiger partial charge in [0.1, 0.15) is 17.1 Å². The first-order valence-corrected chi connectivity index (χ1v) is 12.0. The van der Waals surface area contributed by atoms with Crippen LogP contribution < -0.4 is 11.2 Å². The van der Waals surface area contributed by atoms with Gasteiger partial charge in [0, 0.05) is 38.4 Å². The Morgan fingerprint density at radius 2 is 2.00 bits per heavy atom. The summed E-state index contributed by atoms with van der Waals surface area (Å²) in [5, 5.41) is 24.7. The highest BCUT2D eigenvalue weighted by Gasteiger charge is 2.27. The summed E-state index contributed by atoms with van der Waals surface area (Å²) in [6.07, 6.45) is 5.79. The van der Waals surface area contributed by atoms with Crippen LogP contribution >= 0.6 is 0 Å². The number of hydrogen-bond acceptors (Lipinski definition) is 5. The molecule has 1 saturated carbocycles. The summed E-state index contributed by atoms with van der Waals surface area (Å²) in [5.74, 6) is 0.501. The summed E-state index contributed by atoms with van der Waals surface area (Å²) in [6, 6.07) is 12.1. The predicted octanol–water partition coefficient (Wildman–Crippen LogP) is 3.21. The first kappa shape index (κ1) is 22.0. The Labute approximate surface area is 207 Å². The average Bonchev–Trinajstić information content (AvgIpc) is 3.51. The van der Waals surface area contributed by atoms with Crippen molar-refractivity contribution in [3.63, 3.8) is 0 Å². The zero-order chi connectivity index (χ0) is 25.1. The number of nitrogens with one attached hydrogen (secondary N) is 1. The minimum Gasteiger partial charge on any atom is -0.348 e. The van der Waals surface area contributed by atoms with E-state index >= 15 is 0 Å². The molecule has 1 aromatic carbocycles. The second-order valence-corrected chi connectivity index (χ2v) is 9.77. The molecular weight excluding hydrogens is 452 g/mol.